The van der Waals surface area contributed by atoms with Crippen LogP contribution in [0.25, 0.3) is 0 Å². The summed E-state index contributed by atoms with van der Waals surface area (Å²) in [4.78, 5) is 11.8. The minimum absolute atomic E-state index is 0.182. The maximum atomic E-state index is 11.8. The SMILES string of the molecule is CCCCCC1Cc2ccccc2NC1=O. The van der Waals surface area contributed by atoms with E-state index in [0.29, 0.717) is 0 Å². The number of fused-ring (bicyclic) bond motifs is 1. The lowest BCUT2D eigenvalue weighted by Crippen LogP contribution is -2.29. The van der Waals surface area contributed by atoms with Gasteiger partial charge in [0.25, 0.3) is 0 Å². The fraction of sp³-hybridized carbons (Fsp3) is 0.500. The van der Waals surface area contributed by atoms with E-state index in [1.54, 1.807) is 0 Å². The van der Waals surface area contributed by atoms with Crippen LogP contribution in [0.4, 0.5) is 5.69 Å². The second-order valence-electron chi connectivity index (χ2n) is 4.54. The Balaban J connectivity index is 2.01. The first kappa shape index (κ1) is 11.2. The number of hydrogen-bond acceptors (Lipinski definition) is 1. The molecule has 0 bridgehead atoms. The molecule has 1 aliphatic heterocycles. The van der Waals surface area contributed by atoms with Crippen LogP contribution in [0.2, 0.25) is 0 Å². The molecule has 0 spiro atoms. The molecule has 0 radical (unpaired) electrons. The lowest BCUT2D eigenvalue weighted by molar-refractivity contribution is -0.120. The van der Waals surface area contributed by atoms with E-state index in [9.17, 15) is 4.79 Å². The van der Waals surface area contributed by atoms with E-state index in [-0.39, 0.29) is 11.8 Å². The van der Waals surface area contributed by atoms with E-state index < -0.39 is 0 Å². The average molecular weight is 217 g/mol. The molecule has 2 heteroatoms. The molecule has 1 amide bonds. The Bertz CT molecular complexity index is 373. The van der Waals surface area contributed by atoms with Crippen LogP contribution in [0, 0.1) is 5.92 Å². The van der Waals surface area contributed by atoms with Crippen molar-refractivity contribution < 1.29 is 4.79 Å². The smallest absolute Gasteiger partial charge is 0.227 e. The molecular formula is C14H19NO. The lowest BCUT2D eigenvalue weighted by atomic mass is 9.89. The number of unbranched alkanes of at least 4 members (excludes halogenated alkanes) is 2. The van der Waals surface area contributed by atoms with Gasteiger partial charge in [0.2, 0.25) is 5.91 Å². The molecule has 0 saturated carbocycles. The van der Waals surface area contributed by atoms with Crippen LogP contribution in [0.3, 0.4) is 0 Å². The summed E-state index contributed by atoms with van der Waals surface area (Å²) in [6.45, 7) is 2.19. The van der Waals surface area contributed by atoms with Crippen molar-refractivity contribution in [3.05, 3.63) is 29.8 Å². The summed E-state index contributed by atoms with van der Waals surface area (Å²) in [6.07, 6.45) is 5.53. The van der Waals surface area contributed by atoms with Gasteiger partial charge in [0.05, 0.1) is 0 Å². The summed E-state index contributed by atoms with van der Waals surface area (Å²) in [7, 11) is 0. The van der Waals surface area contributed by atoms with E-state index in [4.69, 9.17) is 0 Å². The Morgan fingerprint density at radius 1 is 1.31 bits per heavy atom. The van der Waals surface area contributed by atoms with Crippen LogP contribution in [-0.4, -0.2) is 5.91 Å². The molecule has 1 unspecified atom stereocenters. The van der Waals surface area contributed by atoms with E-state index in [0.717, 1.165) is 24.9 Å². The Hall–Kier alpha value is -1.31. The molecule has 0 aromatic heterocycles. The number of amides is 1. The van der Waals surface area contributed by atoms with Gasteiger partial charge >= 0.3 is 0 Å². The van der Waals surface area contributed by atoms with Crippen molar-refractivity contribution in [2.24, 2.45) is 5.92 Å². The molecule has 0 fully saturated rings. The van der Waals surface area contributed by atoms with Crippen LogP contribution in [0.15, 0.2) is 24.3 Å². The summed E-state index contributed by atoms with van der Waals surface area (Å²) in [5.74, 6) is 0.385. The van der Waals surface area contributed by atoms with E-state index in [1.807, 2.05) is 18.2 Å². The number of hydrogen-bond donors (Lipinski definition) is 1. The average Bonchev–Trinajstić information content (AvgIpc) is 2.30. The van der Waals surface area contributed by atoms with Crippen molar-refractivity contribution in [2.45, 2.75) is 39.0 Å². The van der Waals surface area contributed by atoms with Crippen molar-refractivity contribution in [2.75, 3.05) is 5.32 Å². The highest BCUT2D eigenvalue weighted by atomic mass is 16.1. The zero-order chi connectivity index (χ0) is 11.4. The van der Waals surface area contributed by atoms with Gasteiger partial charge in [0, 0.05) is 11.6 Å². The van der Waals surface area contributed by atoms with Gasteiger partial charge in [-0.05, 0) is 24.5 Å². The van der Waals surface area contributed by atoms with Crippen molar-refractivity contribution in [3.8, 4) is 0 Å². The first-order valence-corrected chi connectivity index (χ1v) is 6.20. The molecule has 1 heterocycles. The summed E-state index contributed by atoms with van der Waals surface area (Å²) in [6, 6.07) is 8.10. The summed E-state index contributed by atoms with van der Waals surface area (Å²) >= 11 is 0. The van der Waals surface area contributed by atoms with Gasteiger partial charge in [-0.3, -0.25) is 4.79 Å². The molecule has 16 heavy (non-hydrogen) atoms. The number of carbonyl (C=O) groups excluding carboxylic acids is 1. The molecular weight excluding hydrogens is 198 g/mol. The maximum absolute atomic E-state index is 11.8. The maximum Gasteiger partial charge on any atom is 0.227 e. The highest BCUT2D eigenvalue weighted by molar-refractivity contribution is 5.95. The molecule has 0 aliphatic carbocycles. The highest BCUT2D eigenvalue weighted by Gasteiger charge is 2.24. The van der Waals surface area contributed by atoms with Gasteiger partial charge in [-0.25, -0.2) is 0 Å². The molecule has 1 aromatic carbocycles. The van der Waals surface area contributed by atoms with Gasteiger partial charge in [-0.15, -0.1) is 0 Å². The third-order valence-corrected chi connectivity index (χ3v) is 3.27. The second-order valence-corrected chi connectivity index (χ2v) is 4.54. The second kappa shape index (κ2) is 5.15. The van der Waals surface area contributed by atoms with Crippen LogP contribution >= 0.6 is 0 Å². The number of nitrogens with one attached hydrogen (secondary N) is 1. The van der Waals surface area contributed by atoms with Crippen molar-refractivity contribution in [1.82, 2.24) is 0 Å². The van der Waals surface area contributed by atoms with E-state index in [2.05, 4.69) is 18.3 Å². The lowest BCUT2D eigenvalue weighted by Gasteiger charge is -2.24. The van der Waals surface area contributed by atoms with Crippen molar-refractivity contribution >= 4 is 11.6 Å². The predicted octanol–water partition coefficient (Wildman–Crippen LogP) is 3.38. The third kappa shape index (κ3) is 2.43. The Kier molecular flexibility index (Phi) is 3.60. The van der Waals surface area contributed by atoms with Crippen molar-refractivity contribution in [1.29, 1.82) is 0 Å². The normalized spacial score (nSPS) is 19.1. The minimum Gasteiger partial charge on any atom is -0.326 e. The Morgan fingerprint density at radius 3 is 2.94 bits per heavy atom. The highest BCUT2D eigenvalue weighted by Crippen LogP contribution is 2.27. The zero-order valence-electron chi connectivity index (χ0n) is 9.83. The first-order chi connectivity index (χ1) is 7.81. The molecule has 1 aromatic rings. The monoisotopic (exact) mass is 217 g/mol. The summed E-state index contributed by atoms with van der Waals surface area (Å²) < 4.78 is 0. The van der Waals surface area contributed by atoms with E-state index >= 15 is 0 Å². The quantitative estimate of drug-likeness (QED) is 0.770. The topological polar surface area (TPSA) is 29.1 Å². The van der Waals surface area contributed by atoms with Crippen LogP contribution < -0.4 is 5.32 Å². The molecule has 1 N–H and O–H groups in total. The van der Waals surface area contributed by atoms with Gasteiger partial charge in [0.15, 0.2) is 0 Å². The van der Waals surface area contributed by atoms with E-state index in [1.165, 1.54) is 18.4 Å². The van der Waals surface area contributed by atoms with Gasteiger partial charge in [-0.2, -0.15) is 0 Å². The number of para-hydroxylation sites is 1. The van der Waals surface area contributed by atoms with Gasteiger partial charge in [-0.1, -0.05) is 44.4 Å². The number of carbonyl (C=O) groups is 1. The minimum atomic E-state index is 0.182. The Labute approximate surface area is 97.1 Å². The fourth-order valence-corrected chi connectivity index (χ4v) is 2.29. The van der Waals surface area contributed by atoms with Gasteiger partial charge < -0.3 is 5.32 Å². The molecule has 86 valence electrons. The Morgan fingerprint density at radius 2 is 2.12 bits per heavy atom. The zero-order valence-corrected chi connectivity index (χ0v) is 9.83. The largest absolute Gasteiger partial charge is 0.326 e. The number of rotatable bonds is 4. The summed E-state index contributed by atoms with van der Waals surface area (Å²) in [5.41, 5.74) is 2.28. The van der Waals surface area contributed by atoms with Gasteiger partial charge in [0.1, 0.15) is 0 Å². The van der Waals surface area contributed by atoms with Crippen LogP contribution in [0.5, 0.6) is 0 Å². The van der Waals surface area contributed by atoms with Crippen molar-refractivity contribution in [3.63, 3.8) is 0 Å². The fourth-order valence-electron chi connectivity index (χ4n) is 2.29. The third-order valence-electron chi connectivity index (χ3n) is 3.27. The van der Waals surface area contributed by atoms with Crippen LogP contribution in [0.1, 0.15) is 38.2 Å². The molecule has 2 nitrogen and oxygen atoms in total. The molecule has 1 atom stereocenters. The summed E-state index contributed by atoms with van der Waals surface area (Å²) in [5, 5.41) is 3.00. The molecule has 1 aliphatic rings. The first-order valence-electron chi connectivity index (χ1n) is 6.20. The molecule has 0 saturated heterocycles. The van der Waals surface area contributed by atoms with Crippen LogP contribution in [-0.2, 0) is 11.2 Å². The predicted molar refractivity (Wildman–Crippen MR) is 66.4 cm³/mol. The molecule has 2 rings (SSSR count). The number of anilines is 1. The standard InChI is InChI=1S/C14H19NO/c1-2-3-4-8-12-10-11-7-5-6-9-13(11)15-14(12)16/h5-7,9,12H,2-4,8,10H2,1H3,(H,15,16). The number of benzene rings is 1.